The van der Waals surface area contributed by atoms with E-state index < -0.39 is 11.8 Å². The zero-order chi connectivity index (χ0) is 19.5. The second kappa shape index (κ2) is 10.6. The van der Waals surface area contributed by atoms with Crippen LogP contribution in [0.2, 0.25) is 0 Å². The Balaban J connectivity index is 1.67. The highest BCUT2D eigenvalue weighted by atomic mass is 32.1. The smallest absolute Gasteiger partial charge is 0.276 e. The van der Waals surface area contributed by atoms with Crippen LogP contribution in [0.15, 0.2) is 60.7 Å². The molecule has 3 N–H and O–H groups in total. The first-order valence-electron chi connectivity index (χ1n) is 7.96. The number of ether oxygens (including phenoxy) is 2. The fraction of sp³-hybridized carbons (Fsp3) is 0.105. The molecule has 0 aromatic heterocycles. The normalized spacial score (nSPS) is 10.1. The van der Waals surface area contributed by atoms with Crippen LogP contribution in [0.3, 0.4) is 0 Å². The van der Waals surface area contributed by atoms with Gasteiger partial charge in [0.1, 0.15) is 11.5 Å². The second-order valence-corrected chi connectivity index (χ2v) is 5.61. The summed E-state index contributed by atoms with van der Waals surface area (Å²) in [6.07, 6.45) is 3.00. The lowest BCUT2D eigenvalue weighted by Crippen LogP contribution is -2.49. The molecular weight excluding hydrogens is 366 g/mol. The Kier molecular flexibility index (Phi) is 7.80. The number of hydrazine groups is 1. The molecule has 0 bridgehead atoms. The van der Waals surface area contributed by atoms with Gasteiger partial charge in [-0.1, -0.05) is 30.3 Å². The van der Waals surface area contributed by atoms with E-state index in [0.29, 0.717) is 11.5 Å². The minimum Gasteiger partial charge on any atom is -0.497 e. The average molecular weight is 385 g/mol. The van der Waals surface area contributed by atoms with Crippen LogP contribution in [0.5, 0.6) is 11.5 Å². The van der Waals surface area contributed by atoms with Gasteiger partial charge in [0.2, 0.25) is 5.91 Å². The van der Waals surface area contributed by atoms with Gasteiger partial charge in [-0.25, -0.2) is 0 Å². The summed E-state index contributed by atoms with van der Waals surface area (Å²) in [6.45, 7) is -0.218. The monoisotopic (exact) mass is 385 g/mol. The van der Waals surface area contributed by atoms with Crippen molar-refractivity contribution in [1.29, 1.82) is 0 Å². The number of carbonyl (C=O) groups is 2. The SMILES string of the molecule is COc1ccc(OCC(=O)NNC(=S)NC(=O)/C=C/c2ccccc2)cc1. The van der Waals surface area contributed by atoms with Crippen molar-refractivity contribution in [2.75, 3.05) is 13.7 Å². The summed E-state index contributed by atoms with van der Waals surface area (Å²) >= 11 is 4.94. The number of methoxy groups -OCH3 is 1. The molecule has 0 radical (unpaired) electrons. The van der Waals surface area contributed by atoms with Gasteiger partial charge in [0.15, 0.2) is 11.7 Å². The van der Waals surface area contributed by atoms with E-state index in [0.717, 1.165) is 5.56 Å². The molecule has 0 aliphatic rings. The molecule has 0 fully saturated rings. The van der Waals surface area contributed by atoms with Crippen molar-refractivity contribution in [3.63, 3.8) is 0 Å². The predicted octanol–water partition coefficient (Wildman–Crippen LogP) is 1.81. The summed E-state index contributed by atoms with van der Waals surface area (Å²) in [6, 6.07) is 16.2. The Hall–Kier alpha value is -3.39. The largest absolute Gasteiger partial charge is 0.497 e. The summed E-state index contributed by atoms with van der Waals surface area (Å²) in [5.74, 6) is 0.339. The zero-order valence-corrected chi connectivity index (χ0v) is 15.4. The molecule has 140 valence electrons. The van der Waals surface area contributed by atoms with E-state index >= 15 is 0 Å². The topological polar surface area (TPSA) is 88.7 Å². The Morgan fingerprint density at radius 2 is 1.67 bits per heavy atom. The Morgan fingerprint density at radius 1 is 1.00 bits per heavy atom. The summed E-state index contributed by atoms with van der Waals surface area (Å²) < 4.78 is 10.4. The lowest BCUT2D eigenvalue weighted by Gasteiger charge is -2.10. The second-order valence-electron chi connectivity index (χ2n) is 5.20. The highest BCUT2D eigenvalue weighted by molar-refractivity contribution is 7.80. The maximum Gasteiger partial charge on any atom is 0.276 e. The fourth-order valence-corrected chi connectivity index (χ4v) is 2.06. The molecule has 0 saturated carbocycles. The number of benzene rings is 2. The number of amides is 2. The number of nitrogens with one attached hydrogen (secondary N) is 3. The van der Waals surface area contributed by atoms with E-state index in [9.17, 15) is 9.59 Å². The molecule has 7 nitrogen and oxygen atoms in total. The molecule has 0 aliphatic carbocycles. The Bertz CT molecular complexity index is 807. The molecule has 2 rings (SSSR count). The Morgan fingerprint density at radius 3 is 2.33 bits per heavy atom. The third kappa shape index (κ3) is 7.57. The molecule has 0 aliphatic heterocycles. The average Bonchev–Trinajstić information content (AvgIpc) is 2.70. The third-order valence-electron chi connectivity index (χ3n) is 3.21. The van der Waals surface area contributed by atoms with Gasteiger partial charge in [0.25, 0.3) is 5.91 Å². The van der Waals surface area contributed by atoms with Gasteiger partial charge < -0.3 is 9.47 Å². The van der Waals surface area contributed by atoms with Crippen molar-refractivity contribution in [1.82, 2.24) is 16.2 Å². The van der Waals surface area contributed by atoms with Crippen molar-refractivity contribution in [2.24, 2.45) is 0 Å². The van der Waals surface area contributed by atoms with Gasteiger partial charge in [-0.3, -0.25) is 25.8 Å². The van der Waals surface area contributed by atoms with Gasteiger partial charge in [-0.15, -0.1) is 0 Å². The van der Waals surface area contributed by atoms with Crippen LogP contribution in [0, 0.1) is 0 Å². The number of hydrogen-bond acceptors (Lipinski definition) is 5. The van der Waals surface area contributed by atoms with E-state index in [1.807, 2.05) is 30.3 Å². The van der Waals surface area contributed by atoms with E-state index in [1.165, 1.54) is 6.08 Å². The molecule has 0 spiro atoms. The molecule has 2 aromatic rings. The maximum absolute atomic E-state index is 11.8. The molecule has 0 saturated heterocycles. The zero-order valence-electron chi connectivity index (χ0n) is 14.6. The molecular formula is C19H19N3O4S. The number of rotatable bonds is 6. The Labute approximate surface area is 162 Å². The molecule has 27 heavy (non-hydrogen) atoms. The van der Waals surface area contributed by atoms with Gasteiger partial charge in [-0.05, 0) is 48.1 Å². The summed E-state index contributed by atoms with van der Waals surface area (Å²) in [4.78, 5) is 23.5. The first-order valence-corrected chi connectivity index (χ1v) is 8.37. The van der Waals surface area contributed by atoms with Gasteiger partial charge in [0.05, 0.1) is 7.11 Å². The van der Waals surface area contributed by atoms with Crippen LogP contribution >= 0.6 is 12.2 Å². The van der Waals surface area contributed by atoms with Crippen molar-refractivity contribution >= 4 is 35.2 Å². The number of carbonyl (C=O) groups excluding carboxylic acids is 2. The fourth-order valence-electron chi connectivity index (χ4n) is 1.90. The number of thiocarbonyl (C=S) groups is 1. The van der Waals surface area contributed by atoms with Crippen LogP contribution in [-0.2, 0) is 9.59 Å². The van der Waals surface area contributed by atoms with Crippen molar-refractivity contribution in [3.05, 3.63) is 66.2 Å². The quantitative estimate of drug-likeness (QED) is 0.399. The molecule has 0 atom stereocenters. The first kappa shape index (κ1) is 19.9. The van der Waals surface area contributed by atoms with Gasteiger partial charge in [0, 0.05) is 6.08 Å². The summed E-state index contributed by atoms with van der Waals surface area (Å²) in [7, 11) is 1.56. The number of hydrogen-bond donors (Lipinski definition) is 3. The van der Waals surface area contributed by atoms with Crippen LogP contribution in [-0.4, -0.2) is 30.6 Å². The molecule has 2 aromatic carbocycles. The van der Waals surface area contributed by atoms with Crippen LogP contribution in [0.1, 0.15) is 5.56 Å². The summed E-state index contributed by atoms with van der Waals surface area (Å²) in [5.41, 5.74) is 5.65. The van der Waals surface area contributed by atoms with E-state index in [-0.39, 0.29) is 11.7 Å². The third-order valence-corrected chi connectivity index (χ3v) is 3.41. The van der Waals surface area contributed by atoms with E-state index in [1.54, 1.807) is 37.5 Å². The highest BCUT2D eigenvalue weighted by Crippen LogP contribution is 2.16. The lowest BCUT2D eigenvalue weighted by atomic mass is 10.2. The van der Waals surface area contributed by atoms with Crippen molar-refractivity contribution in [2.45, 2.75) is 0 Å². The minimum absolute atomic E-state index is 0.0319. The van der Waals surface area contributed by atoms with E-state index in [2.05, 4.69) is 16.2 Å². The summed E-state index contributed by atoms with van der Waals surface area (Å²) in [5, 5.41) is 2.39. The van der Waals surface area contributed by atoms with Crippen molar-refractivity contribution < 1.29 is 19.1 Å². The molecule has 8 heteroatoms. The lowest BCUT2D eigenvalue weighted by molar-refractivity contribution is -0.123. The van der Waals surface area contributed by atoms with Crippen LogP contribution in [0.25, 0.3) is 6.08 Å². The van der Waals surface area contributed by atoms with Crippen LogP contribution in [0.4, 0.5) is 0 Å². The van der Waals surface area contributed by atoms with Crippen LogP contribution < -0.4 is 25.6 Å². The predicted molar refractivity (Wildman–Crippen MR) is 106 cm³/mol. The van der Waals surface area contributed by atoms with E-state index in [4.69, 9.17) is 21.7 Å². The molecule has 0 heterocycles. The maximum atomic E-state index is 11.8. The molecule has 0 unspecified atom stereocenters. The van der Waals surface area contributed by atoms with Gasteiger partial charge in [-0.2, -0.15) is 0 Å². The minimum atomic E-state index is -0.456. The molecule has 2 amide bonds. The first-order chi connectivity index (χ1) is 13.1. The highest BCUT2D eigenvalue weighted by Gasteiger charge is 2.05. The van der Waals surface area contributed by atoms with Crippen molar-refractivity contribution in [3.8, 4) is 11.5 Å². The van der Waals surface area contributed by atoms with Gasteiger partial charge >= 0.3 is 0 Å². The standard InChI is InChI=1S/C19H19N3O4S/c1-25-15-8-10-16(11-9-15)26-13-18(24)21-22-19(27)20-17(23)12-7-14-5-3-2-4-6-14/h2-12H,13H2,1H3,(H,21,24)(H2,20,22,23,27)/b12-7+.